The van der Waals surface area contributed by atoms with Crippen LogP contribution in [-0.4, -0.2) is 34.6 Å². The van der Waals surface area contributed by atoms with Crippen molar-refractivity contribution in [3.8, 4) is 5.75 Å². The van der Waals surface area contributed by atoms with Crippen molar-refractivity contribution in [2.75, 3.05) is 18.5 Å². The normalized spacial score (nSPS) is 10.4. The summed E-state index contributed by atoms with van der Waals surface area (Å²) < 4.78 is 11.9. The van der Waals surface area contributed by atoms with Crippen molar-refractivity contribution in [1.29, 1.82) is 0 Å². The van der Waals surface area contributed by atoms with E-state index < -0.39 is 11.9 Å². The fraction of sp³-hybridized carbons (Fsp3) is 0.375. The molecule has 25 heavy (non-hydrogen) atoms. The molecule has 0 aliphatic rings. The summed E-state index contributed by atoms with van der Waals surface area (Å²) in [5.74, 6) is -0.866. The van der Waals surface area contributed by atoms with Crippen LogP contribution in [0.25, 0.3) is 0 Å². The molecular formula is C16H19N3O5S. The molecule has 0 unspecified atom stereocenters. The number of nitrogens with zero attached hydrogens (tertiary/aromatic N) is 2. The van der Waals surface area contributed by atoms with Crippen LogP contribution in [0.15, 0.2) is 17.1 Å². The second kappa shape index (κ2) is 7.93. The van der Waals surface area contributed by atoms with E-state index >= 15 is 0 Å². The van der Waals surface area contributed by atoms with Gasteiger partial charge in [0, 0.05) is 25.0 Å². The summed E-state index contributed by atoms with van der Waals surface area (Å²) in [5, 5.41) is 2.81. The Morgan fingerprint density at radius 1 is 1.36 bits per heavy atom. The molecule has 0 spiro atoms. The summed E-state index contributed by atoms with van der Waals surface area (Å²) in [6.07, 6.45) is 1.53. The highest BCUT2D eigenvalue weighted by Crippen LogP contribution is 2.23. The van der Waals surface area contributed by atoms with E-state index in [1.807, 2.05) is 0 Å². The van der Waals surface area contributed by atoms with Gasteiger partial charge in [-0.25, -0.2) is 9.78 Å². The number of carbonyl (C=O) groups is 2. The third-order valence-corrected chi connectivity index (χ3v) is 4.37. The number of esters is 1. The Morgan fingerprint density at radius 3 is 2.76 bits per heavy atom. The number of thiazole rings is 1. The highest BCUT2D eigenvalue weighted by molar-refractivity contribution is 7.17. The molecule has 8 nitrogen and oxygen atoms in total. The molecule has 2 rings (SSSR count). The molecular weight excluding hydrogens is 346 g/mol. The number of anilines is 1. The molecule has 2 aromatic rings. The lowest BCUT2D eigenvalue weighted by atomic mass is 10.3. The van der Waals surface area contributed by atoms with Gasteiger partial charge in [0.15, 0.2) is 17.5 Å². The number of aryl methyl sites for hydroxylation is 3. The zero-order valence-corrected chi connectivity index (χ0v) is 15.2. The number of carbonyl (C=O) groups excluding carboxylic acids is 2. The van der Waals surface area contributed by atoms with E-state index in [2.05, 4.69) is 10.3 Å². The van der Waals surface area contributed by atoms with Crippen molar-refractivity contribution in [2.24, 2.45) is 7.05 Å². The molecule has 1 amide bonds. The average molecular weight is 365 g/mol. The van der Waals surface area contributed by atoms with Crippen LogP contribution in [0.4, 0.5) is 5.13 Å². The zero-order chi connectivity index (χ0) is 18.6. The number of amides is 1. The van der Waals surface area contributed by atoms with Crippen molar-refractivity contribution < 1.29 is 19.1 Å². The largest absolute Gasteiger partial charge is 0.478 e. The standard InChI is InChI=1S/C16H19N3O5S/c1-5-23-15(22)14-10(3)17-16(25-14)18-13(21)8-24-12-7-19(4)9(2)6-11(12)20/h6-7H,5,8H2,1-4H3,(H,17,18,21). The summed E-state index contributed by atoms with van der Waals surface area (Å²) in [6.45, 7) is 5.08. The highest BCUT2D eigenvalue weighted by Gasteiger charge is 2.17. The number of hydrogen-bond acceptors (Lipinski definition) is 7. The van der Waals surface area contributed by atoms with E-state index in [-0.39, 0.29) is 29.5 Å². The minimum atomic E-state index is -0.480. The van der Waals surface area contributed by atoms with Crippen LogP contribution in [0.1, 0.15) is 28.0 Å². The van der Waals surface area contributed by atoms with Crippen molar-refractivity contribution in [3.63, 3.8) is 0 Å². The third-order valence-electron chi connectivity index (χ3n) is 3.31. The molecule has 9 heteroatoms. The second-order valence-electron chi connectivity index (χ2n) is 5.25. The summed E-state index contributed by atoms with van der Waals surface area (Å²) >= 11 is 1.03. The molecule has 2 aromatic heterocycles. The highest BCUT2D eigenvalue weighted by atomic mass is 32.1. The molecule has 0 atom stereocenters. The van der Waals surface area contributed by atoms with Crippen LogP contribution < -0.4 is 15.5 Å². The quantitative estimate of drug-likeness (QED) is 0.782. The van der Waals surface area contributed by atoms with Gasteiger partial charge in [0.25, 0.3) is 5.91 Å². The molecule has 1 N–H and O–H groups in total. The van der Waals surface area contributed by atoms with Crippen molar-refractivity contribution >= 4 is 28.3 Å². The first-order valence-corrected chi connectivity index (χ1v) is 8.38. The van der Waals surface area contributed by atoms with Crippen LogP contribution in [-0.2, 0) is 16.6 Å². The van der Waals surface area contributed by atoms with Gasteiger partial charge in [0.1, 0.15) is 4.88 Å². The fourth-order valence-corrected chi connectivity index (χ4v) is 2.82. The van der Waals surface area contributed by atoms with Crippen LogP contribution in [0.3, 0.4) is 0 Å². The zero-order valence-electron chi connectivity index (χ0n) is 14.4. The fourth-order valence-electron chi connectivity index (χ4n) is 1.95. The first kappa shape index (κ1) is 18.7. The average Bonchev–Trinajstić information content (AvgIpc) is 2.90. The van der Waals surface area contributed by atoms with E-state index in [4.69, 9.17) is 9.47 Å². The lowest BCUT2D eigenvalue weighted by molar-refractivity contribution is -0.118. The molecule has 0 fully saturated rings. The maximum Gasteiger partial charge on any atom is 0.350 e. The topological polar surface area (TPSA) is 99.5 Å². The minimum Gasteiger partial charge on any atom is -0.478 e. The van der Waals surface area contributed by atoms with Gasteiger partial charge in [0.2, 0.25) is 5.43 Å². The minimum absolute atomic E-state index is 0.0887. The maximum absolute atomic E-state index is 12.0. The summed E-state index contributed by atoms with van der Waals surface area (Å²) in [4.78, 5) is 40.0. The van der Waals surface area contributed by atoms with Gasteiger partial charge in [0.05, 0.1) is 12.3 Å². The molecule has 134 valence electrons. The van der Waals surface area contributed by atoms with E-state index in [0.717, 1.165) is 17.0 Å². The van der Waals surface area contributed by atoms with E-state index in [1.165, 1.54) is 12.3 Å². The Morgan fingerprint density at radius 2 is 2.08 bits per heavy atom. The van der Waals surface area contributed by atoms with E-state index in [9.17, 15) is 14.4 Å². The monoisotopic (exact) mass is 365 g/mol. The molecule has 0 saturated heterocycles. The third kappa shape index (κ3) is 4.66. The molecule has 0 saturated carbocycles. The van der Waals surface area contributed by atoms with Crippen molar-refractivity contribution in [1.82, 2.24) is 9.55 Å². The molecule has 0 aliphatic carbocycles. The Balaban J connectivity index is 1.99. The maximum atomic E-state index is 12.0. The van der Waals surface area contributed by atoms with Gasteiger partial charge in [-0.05, 0) is 20.8 Å². The number of ether oxygens (including phenoxy) is 2. The lowest BCUT2D eigenvalue weighted by Crippen LogP contribution is -2.22. The summed E-state index contributed by atoms with van der Waals surface area (Å²) in [7, 11) is 1.77. The Kier molecular flexibility index (Phi) is 5.92. The second-order valence-corrected chi connectivity index (χ2v) is 6.24. The molecule has 0 aromatic carbocycles. The van der Waals surface area contributed by atoms with Gasteiger partial charge in [-0.3, -0.25) is 14.9 Å². The van der Waals surface area contributed by atoms with Gasteiger partial charge in [-0.2, -0.15) is 0 Å². The first-order valence-electron chi connectivity index (χ1n) is 7.56. The van der Waals surface area contributed by atoms with Gasteiger partial charge in [-0.1, -0.05) is 11.3 Å². The van der Waals surface area contributed by atoms with Gasteiger partial charge < -0.3 is 14.0 Å². The number of nitrogens with one attached hydrogen (secondary N) is 1. The van der Waals surface area contributed by atoms with Crippen LogP contribution in [0, 0.1) is 13.8 Å². The summed E-state index contributed by atoms with van der Waals surface area (Å²) in [6, 6.07) is 1.43. The van der Waals surface area contributed by atoms with Crippen molar-refractivity contribution in [2.45, 2.75) is 20.8 Å². The summed E-state index contributed by atoms with van der Waals surface area (Å²) in [5.41, 5.74) is 0.969. The Hall–Kier alpha value is -2.68. The first-order chi connectivity index (χ1) is 11.8. The number of aromatic nitrogens is 2. The number of pyridine rings is 1. The Labute approximate surface area is 148 Å². The van der Waals surface area contributed by atoms with Gasteiger partial charge >= 0.3 is 5.97 Å². The number of hydrogen-bond donors (Lipinski definition) is 1. The van der Waals surface area contributed by atoms with E-state index in [0.29, 0.717) is 10.6 Å². The predicted molar refractivity (Wildman–Crippen MR) is 93.4 cm³/mol. The molecule has 0 aliphatic heterocycles. The lowest BCUT2D eigenvalue weighted by Gasteiger charge is -2.08. The predicted octanol–water partition coefficient (Wildman–Crippen LogP) is 1.65. The van der Waals surface area contributed by atoms with Crippen LogP contribution in [0.2, 0.25) is 0 Å². The smallest absolute Gasteiger partial charge is 0.350 e. The Bertz CT molecular complexity index is 856. The molecule has 0 bridgehead atoms. The molecule has 2 heterocycles. The molecule has 0 radical (unpaired) electrons. The van der Waals surface area contributed by atoms with Gasteiger partial charge in [-0.15, -0.1) is 0 Å². The van der Waals surface area contributed by atoms with Crippen LogP contribution in [0.5, 0.6) is 5.75 Å². The SMILES string of the molecule is CCOC(=O)c1sc(NC(=O)COc2cn(C)c(C)cc2=O)nc1C. The number of rotatable bonds is 6. The van der Waals surface area contributed by atoms with Crippen LogP contribution >= 0.6 is 11.3 Å². The van der Waals surface area contributed by atoms with Crippen molar-refractivity contribution in [3.05, 3.63) is 38.8 Å². The van der Waals surface area contributed by atoms with E-state index in [1.54, 1.807) is 32.4 Å².